The van der Waals surface area contributed by atoms with Crippen molar-refractivity contribution in [3.63, 3.8) is 0 Å². The molecule has 5 N–H and O–H groups in total. The Labute approximate surface area is 201 Å². The van der Waals surface area contributed by atoms with Gasteiger partial charge in [-0.2, -0.15) is 0 Å². The lowest BCUT2D eigenvalue weighted by molar-refractivity contribution is -0.143. The van der Waals surface area contributed by atoms with E-state index in [1.165, 1.54) is 5.56 Å². The highest BCUT2D eigenvalue weighted by Crippen LogP contribution is 2.43. The SMILES string of the molecule is NC(=O)c1cccc(C2CC3CCC(C2)N3CCN(C[C@H]2CC[C@@H](O)CC2)C(=O)[C@@H](O)CO)c1. The van der Waals surface area contributed by atoms with E-state index >= 15 is 0 Å². The molecule has 3 atom stereocenters. The van der Waals surface area contributed by atoms with Gasteiger partial charge in [0.25, 0.3) is 5.91 Å². The number of carbonyl (C=O) groups is 2. The zero-order chi connectivity index (χ0) is 24.2. The molecule has 8 nitrogen and oxygen atoms in total. The Bertz CT molecular complexity index is 843. The van der Waals surface area contributed by atoms with Crippen molar-refractivity contribution in [3.05, 3.63) is 35.4 Å². The summed E-state index contributed by atoms with van der Waals surface area (Å²) in [7, 11) is 0. The van der Waals surface area contributed by atoms with Crippen LogP contribution in [0.15, 0.2) is 24.3 Å². The second kappa shape index (κ2) is 11.2. The molecule has 3 fully saturated rings. The Morgan fingerprint density at radius 3 is 2.38 bits per heavy atom. The number of aliphatic hydroxyl groups excluding tert-OH is 3. The highest BCUT2D eigenvalue weighted by molar-refractivity contribution is 5.92. The van der Waals surface area contributed by atoms with Crippen LogP contribution in [0.2, 0.25) is 0 Å². The van der Waals surface area contributed by atoms with E-state index in [0.29, 0.717) is 42.6 Å². The molecule has 1 aromatic rings. The fraction of sp³-hybridized carbons (Fsp3) is 0.692. The monoisotopic (exact) mass is 473 g/mol. The number of carbonyl (C=O) groups excluding carboxylic acids is 2. The van der Waals surface area contributed by atoms with Gasteiger partial charge >= 0.3 is 0 Å². The second-order valence-corrected chi connectivity index (χ2v) is 10.4. The summed E-state index contributed by atoms with van der Waals surface area (Å²) in [4.78, 5) is 28.6. The number of hydrogen-bond donors (Lipinski definition) is 4. The van der Waals surface area contributed by atoms with Gasteiger partial charge in [0.15, 0.2) is 6.10 Å². The van der Waals surface area contributed by atoms with Crippen molar-refractivity contribution < 1.29 is 24.9 Å². The summed E-state index contributed by atoms with van der Waals surface area (Å²) in [5, 5.41) is 29.1. The number of amides is 2. The molecule has 1 aliphatic carbocycles. The first-order chi connectivity index (χ1) is 16.4. The fourth-order valence-corrected chi connectivity index (χ4v) is 6.31. The minimum atomic E-state index is -1.38. The zero-order valence-electron chi connectivity index (χ0n) is 19.9. The van der Waals surface area contributed by atoms with Crippen molar-refractivity contribution in [1.82, 2.24) is 9.80 Å². The first-order valence-corrected chi connectivity index (χ1v) is 12.8. The van der Waals surface area contributed by atoms with Gasteiger partial charge in [0, 0.05) is 37.3 Å². The molecular formula is C26H39N3O5. The summed E-state index contributed by atoms with van der Waals surface area (Å²) in [6.45, 7) is 1.28. The molecule has 2 amide bonds. The summed E-state index contributed by atoms with van der Waals surface area (Å²) in [5.74, 6) is -0.0856. The number of nitrogens with zero attached hydrogens (tertiary/aromatic N) is 2. The number of hydrogen-bond acceptors (Lipinski definition) is 6. The predicted molar refractivity (Wildman–Crippen MR) is 128 cm³/mol. The van der Waals surface area contributed by atoms with E-state index in [4.69, 9.17) is 5.73 Å². The van der Waals surface area contributed by atoms with Crippen molar-refractivity contribution >= 4 is 11.8 Å². The Morgan fingerprint density at radius 2 is 1.76 bits per heavy atom. The van der Waals surface area contributed by atoms with Gasteiger partial charge in [-0.1, -0.05) is 12.1 Å². The third-order valence-electron chi connectivity index (χ3n) is 8.22. The van der Waals surface area contributed by atoms with Gasteiger partial charge in [0.05, 0.1) is 12.7 Å². The first kappa shape index (κ1) is 25.1. The molecule has 0 spiro atoms. The van der Waals surface area contributed by atoms with Crippen LogP contribution in [0.1, 0.15) is 73.2 Å². The summed E-state index contributed by atoms with van der Waals surface area (Å²) in [5.41, 5.74) is 7.20. The van der Waals surface area contributed by atoms with Gasteiger partial charge < -0.3 is 26.0 Å². The average molecular weight is 474 g/mol. The normalized spacial score (nSPS) is 30.1. The van der Waals surface area contributed by atoms with Crippen LogP contribution in [0.25, 0.3) is 0 Å². The number of fused-ring (bicyclic) bond motifs is 2. The van der Waals surface area contributed by atoms with Crippen LogP contribution >= 0.6 is 0 Å². The summed E-state index contributed by atoms with van der Waals surface area (Å²) >= 11 is 0. The number of primary amides is 1. The minimum absolute atomic E-state index is 0.246. The standard InChI is InChI=1S/C26H39N3O5/c27-25(33)19-3-1-2-18(12-19)20-13-21-6-7-22(14-20)29(21)11-10-28(26(34)24(32)16-30)15-17-4-8-23(31)9-5-17/h1-3,12,17,20-24,30-32H,4-11,13-16H2,(H2,27,33)/t17-,20?,21?,22?,23+,24-/m0/s1. The Hall–Kier alpha value is -2.00. The van der Waals surface area contributed by atoms with Crippen LogP contribution < -0.4 is 5.73 Å². The lowest BCUT2D eigenvalue weighted by Gasteiger charge is -2.41. The van der Waals surface area contributed by atoms with E-state index in [-0.39, 0.29) is 6.10 Å². The van der Waals surface area contributed by atoms with Gasteiger partial charge in [-0.15, -0.1) is 0 Å². The Morgan fingerprint density at radius 1 is 1.09 bits per heavy atom. The number of piperidine rings is 1. The molecule has 2 saturated heterocycles. The van der Waals surface area contributed by atoms with Gasteiger partial charge in [0.1, 0.15) is 0 Å². The van der Waals surface area contributed by atoms with Crippen LogP contribution in [0, 0.1) is 5.92 Å². The Balaban J connectivity index is 1.38. The predicted octanol–water partition coefficient (Wildman–Crippen LogP) is 1.23. The molecule has 0 aromatic heterocycles. The maximum atomic E-state index is 12.8. The van der Waals surface area contributed by atoms with E-state index in [2.05, 4.69) is 11.0 Å². The maximum absolute atomic E-state index is 12.8. The van der Waals surface area contributed by atoms with E-state index in [0.717, 1.165) is 57.9 Å². The molecular weight excluding hydrogens is 434 g/mol. The van der Waals surface area contributed by atoms with Crippen LogP contribution in [0.3, 0.4) is 0 Å². The third-order valence-corrected chi connectivity index (χ3v) is 8.22. The number of aliphatic hydroxyl groups is 3. The van der Waals surface area contributed by atoms with Crippen molar-refractivity contribution in [2.24, 2.45) is 11.7 Å². The quantitative estimate of drug-likeness (QED) is 0.427. The molecule has 2 aliphatic heterocycles. The molecule has 34 heavy (non-hydrogen) atoms. The molecule has 1 saturated carbocycles. The van der Waals surface area contributed by atoms with Crippen LogP contribution in [-0.4, -0.2) is 87.5 Å². The summed E-state index contributed by atoms with van der Waals surface area (Å²) < 4.78 is 0. The van der Waals surface area contributed by atoms with Gasteiger partial charge in [-0.25, -0.2) is 0 Å². The fourth-order valence-electron chi connectivity index (χ4n) is 6.31. The molecule has 3 aliphatic rings. The van der Waals surface area contributed by atoms with Gasteiger partial charge in [0.2, 0.25) is 5.91 Å². The van der Waals surface area contributed by atoms with E-state index in [9.17, 15) is 24.9 Å². The summed E-state index contributed by atoms with van der Waals surface area (Å²) in [6.07, 6.45) is 5.93. The van der Waals surface area contributed by atoms with Crippen molar-refractivity contribution in [1.29, 1.82) is 0 Å². The molecule has 4 rings (SSSR count). The smallest absolute Gasteiger partial charge is 0.253 e. The van der Waals surface area contributed by atoms with E-state index in [1.807, 2.05) is 12.1 Å². The van der Waals surface area contributed by atoms with Gasteiger partial charge in [-0.05, 0) is 80.9 Å². The number of rotatable bonds is 9. The highest BCUT2D eigenvalue weighted by atomic mass is 16.3. The second-order valence-electron chi connectivity index (χ2n) is 10.4. The van der Waals surface area contributed by atoms with Gasteiger partial charge in [-0.3, -0.25) is 14.5 Å². The molecule has 2 bridgehead atoms. The molecule has 2 heterocycles. The van der Waals surface area contributed by atoms with Crippen molar-refractivity contribution in [2.45, 2.75) is 81.6 Å². The summed E-state index contributed by atoms with van der Waals surface area (Å²) in [6, 6.07) is 8.55. The topological polar surface area (TPSA) is 127 Å². The largest absolute Gasteiger partial charge is 0.393 e. The minimum Gasteiger partial charge on any atom is -0.393 e. The van der Waals surface area contributed by atoms with Crippen molar-refractivity contribution in [3.8, 4) is 0 Å². The lowest BCUT2D eigenvalue weighted by Crippen LogP contribution is -2.50. The van der Waals surface area contributed by atoms with Crippen LogP contribution in [0.5, 0.6) is 0 Å². The number of benzene rings is 1. The third kappa shape index (κ3) is 5.79. The average Bonchev–Trinajstić information content (AvgIpc) is 3.08. The number of nitrogens with two attached hydrogens (primary N) is 1. The van der Waals surface area contributed by atoms with Crippen LogP contribution in [0.4, 0.5) is 0 Å². The molecule has 2 unspecified atom stereocenters. The Kier molecular flexibility index (Phi) is 8.24. The molecule has 0 radical (unpaired) electrons. The molecule has 188 valence electrons. The van der Waals surface area contributed by atoms with Crippen molar-refractivity contribution in [2.75, 3.05) is 26.2 Å². The maximum Gasteiger partial charge on any atom is 0.253 e. The van der Waals surface area contributed by atoms with E-state index < -0.39 is 24.5 Å². The van der Waals surface area contributed by atoms with E-state index in [1.54, 1.807) is 11.0 Å². The molecule has 1 aromatic carbocycles. The molecule has 8 heteroatoms. The lowest BCUT2D eigenvalue weighted by atomic mass is 9.84. The van der Waals surface area contributed by atoms with Crippen LogP contribution in [-0.2, 0) is 4.79 Å². The highest BCUT2D eigenvalue weighted by Gasteiger charge is 2.41. The first-order valence-electron chi connectivity index (χ1n) is 12.8. The zero-order valence-corrected chi connectivity index (χ0v) is 19.9.